The number of carbonyl (C=O) groups is 1. The van der Waals surface area contributed by atoms with Gasteiger partial charge in [0.2, 0.25) is 12.7 Å². The summed E-state index contributed by atoms with van der Waals surface area (Å²) in [7, 11) is 0. The van der Waals surface area contributed by atoms with Gasteiger partial charge < -0.3 is 19.9 Å². The molecule has 1 aliphatic heterocycles. The molecule has 3 rings (SSSR count). The molecule has 0 fully saturated rings. The van der Waals surface area contributed by atoms with Crippen LogP contribution in [0.25, 0.3) is 6.08 Å². The highest BCUT2D eigenvalue weighted by Gasteiger charge is 2.12. The first-order valence-corrected chi connectivity index (χ1v) is 6.38. The summed E-state index contributed by atoms with van der Waals surface area (Å²) in [4.78, 5) is 11.8. The Bertz CT molecular complexity index is 692. The number of benzene rings is 2. The number of nitrogens with one attached hydrogen (secondary N) is 1. The lowest BCUT2D eigenvalue weighted by molar-refractivity contribution is -0.111. The zero-order valence-corrected chi connectivity index (χ0v) is 11.1. The molecule has 1 amide bonds. The number of hydrogen-bond acceptors (Lipinski definition) is 4. The molecule has 21 heavy (non-hydrogen) atoms. The summed E-state index contributed by atoms with van der Waals surface area (Å²) in [6, 6.07) is 11.7. The van der Waals surface area contributed by atoms with Crippen LogP contribution >= 0.6 is 0 Å². The van der Waals surface area contributed by atoms with Crippen LogP contribution < -0.4 is 14.8 Å². The predicted molar refractivity (Wildman–Crippen MR) is 78.3 cm³/mol. The number of aromatic hydroxyl groups is 1. The average molecular weight is 283 g/mol. The molecular formula is C16H13NO4. The third-order valence-corrected chi connectivity index (χ3v) is 2.96. The molecule has 5 nitrogen and oxygen atoms in total. The molecule has 1 aliphatic rings. The molecule has 0 atom stereocenters. The van der Waals surface area contributed by atoms with Crippen LogP contribution in [0.3, 0.4) is 0 Å². The molecule has 106 valence electrons. The summed E-state index contributed by atoms with van der Waals surface area (Å²) in [6.07, 6.45) is 3.13. The highest BCUT2D eigenvalue weighted by atomic mass is 16.7. The summed E-state index contributed by atoms with van der Waals surface area (Å²) >= 11 is 0. The molecule has 0 aliphatic carbocycles. The van der Waals surface area contributed by atoms with Crippen molar-refractivity contribution in [3.63, 3.8) is 0 Å². The van der Waals surface area contributed by atoms with Crippen LogP contribution in [0.4, 0.5) is 5.69 Å². The molecule has 0 unspecified atom stereocenters. The van der Waals surface area contributed by atoms with E-state index < -0.39 is 0 Å². The third-order valence-electron chi connectivity index (χ3n) is 2.96. The van der Waals surface area contributed by atoms with Crippen LogP contribution in [0.15, 0.2) is 48.5 Å². The highest BCUT2D eigenvalue weighted by Crippen LogP contribution is 2.32. The average Bonchev–Trinajstić information content (AvgIpc) is 2.95. The lowest BCUT2D eigenvalue weighted by atomic mass is 10.2. The Morgan fingerprint density at radius 1 is 1.10 bits per heavy atom. The zero-order valence-electron chi connectivity index (χ0n) is 11.1. The molecule has 0 saturated heterocycles. The van der Waals surface area contributed by atoms with Gasteiger partial charge in [0.15, 0.2) is 11.5 Å². The first-order valence-electron chi connectivity index (χ1n) is 6.38. The van der Waals surface area contributed by atoms with Crippen LogP contribution in [-0.4, -0.2) is 17.8 Å². The Balaban J connectivity index is 1.65. The topological polar surface area (TPSA) is 67.8 Å². The molecule has 1 heterocycles. The largest absolute Gasteiger partial charge is 0.508 e. The number of phenolic OH excluding ortho intramolecular Hbond substituents is 1. The second-order valence-corrected chi connectivity index (χ2v) is 4.48. The van der Waals surface area contributed by atoms with Crippen molar-refractivity contribution < 1.29 is 19.4 Å². The fourth-order valence-electron chi connectivity index (χ4n) is 1.92. The second-order valence-electron chi connectivity index (χ2n) is 4.48. The Kier molecular flexibility index (Phi) is 3.47. The minimum Gasteiger partial charge on any atom is -0.508 e. The van der Waals surface area contributed by atoms with Gasteiger partial charge in [-0.3, -0.25) is 4.79 Å². The van der Waals surface area contributed by atoms with E-state index in [9.17, 15) is 9.90 Å². The normalized spacial score (nSPS) is 12.6. The molecule has 0 spiro atoms. The maximum absolute atomic E-state index is 11.8. The highest BCUT2D eigenvalue weighted by molar-refractivity contribution is 6.01. The maximum atomic E-state index is 11.8. The SMILES string of the molecule is O=C(/C=C/c1ccc2c(c1)OCO2)Nc1ccc(O)cc1. The molecule has 2 aromatic carbocycles. The summed E-state index contributed by atoms with van der Waals surface area (Å²) in [5, 5.41) is 11.9. The van der Waals surface area contributed by atoms with E-state index in [4.69, 9.17) is 9.47 Å². The summed E-state index contributed by atoms with van der Waals surface area (Å²) in [5.74, 6) is 1.29. The monoisotopic (exact) mass is 283 g/mol. The van der Waals surface area contributed by atoms with Gasteiger partial charge in [-0.15, -0.1) is 0 Å². The third kappa shape index (κ3) is 3.14. The van der Waals surface area contributed by atoms with Crippen molar-refractivity contribution in [1.29, 1.82) is 0 Å². The Labute approximate surface area is 121 Å². The minimum absolute atomic E-state index is 0.156. The van der Waals surface area contributed by atoms with E-state index in [1.165, 1.54) is 18.2 Å². The van der Waals surface area contributed by atoms with E-state index in [0.717, 1.165) is 5.56 Å². The Morgan fingerprint density at radius 3 is 2.67 bits per heavy atom. The molecule has 0 saturated carbocycles. The lowest BCUT2D eigenvalue weighted by Crippen LogP contribution is -2.07. The Hall–Kier alpha value is -2.95. The van der Waals surface area contributed by atoms with Gasteiger partial charge in [0.05, 0.1) is 0 Å². The number of anilines is 1. The van der Waals surface area contributed by atoms with Crippen LogP contribution in [0.1, 0.15) is 5.56 Å². The van der Waals surface area contributed by atoms with Gasteiger partial charge in [-0.25, -0.2) is 0 Å². The van der Waals surface area contributed by atoms with Crippen molar-refractivity contribution in [3.05, 3.63) is 54.1 Å². The van der Waals surface area contributed by atoms with Crippen molar-refractivity contribution in [3.8, 4) is 17.2 Å². The van der Waals surface area contributed by atoms with E-state index in [1.54, 1.807) is 24.3 Å². The molecule has 0 bridgehead atoms. The molecule has 2 aromatic rings. The van der Waals surface area contributed by atoms with E-state index in [-0.39, 0.29) is 18.4 Å². The lowest BCUT2D eigenvalue weighted by Gasteiger charge is -2.02. The van der Waals surface area contributed by atoms with Gasteiger partial charge >= 0.3 is 0 Å². The number of carbonyl (C=O) groups excluding carboxylic acids is 1. The molecular weight excluding hydrogens is 270 g/mol. The van der Waals surface area contributed by atoms with Crippen LogP contribution in [0, 0.1) is 0 Å². The number of rotatable bonds is 3. The number of fused-ring (bicyclic) bond motifs is 1. The number of hydrogen-bond donors (Lipinski definition) is 2. The minimum atomic E-state index is -0.252. The molecule has 0 radical (unpaired) electrons. The van der Waals surface area contributed by atoms with Crippen molar-refractivity contribution in [2.45, 2.75) is 0 Å². The molecule has 0 aromatic heterocycles. The van der Waals surface area contributed by atoms with E-state index in [2.05, 4.69) is 5.32 Å². The molecule has 5 heteroatoms. The first-order chi connectivity index (χ1) is 10.2. The van der Waals surface area contributed by atoms with Crippen molar-refractivity contribution in [1.82, 2.24) is 0 Å². The summed E-state index contributed by atoms with van der Waals surface area (Å²) < 4.78 is 10.5. The maximum Gasteiger partial charge on any atom is 0.248 e. The second kappa shape index (κ2) is 5.58. The number of phenols is 1. The van der Waals surface area contributed by atoms with Gasteiger partial charge in [-0.2, -0.15) is 0 Å². The summed E-state index contributed by atoms with van der Waals surface area (Å²) in [5.41, 5.74) is 1.47. The number of ether oxygens (including phenoxy) is 2. The van der Waals surface area contributed by atoms with E-state index in [1.807, 2.05) is 12.1 Å². The van der Waals surface area contributed by atoms with Gasteiger partial charge in [-0.05, 0) is 48.0 Å². The summed E-state index contributed by atoms with van der Waals surface area (Å²) in [6.45, 7) is 0.226. The van der Waals surface area contributed by atoms with Crippen molar-refractivity contribution >= 4 is 17.7 Å². The smallest absolute Gasteiger partial charge is 0.248 e. The fourth-order valence-corrected chi connectivity index (χ4v) is 1.92. The van der Waals surface area contributed by atoms with Gasteiger partial charge in [0.1, 0.15) is 5.75 Å². The van der Waals surface area contributed by atoms with Crippen LogP contribution in [0.2, 0.25) is 0 Å². The van der Waals surface area contributed by atoms with Crippen molar-refractivity contribution in [2.24, 2.45) is 0 Å². The standard InChI is InChI=1S/C16H13NO4/c18-13-5-3-12(4-6-13)17-16(19)8-2-11-1-7-14-15(9-11)21-10-20-14/h1-9,18H,10H2,(H,17,19)/b8-2+. The van der Waals surface area contributed by atoms with Gasteiger partial charge in [0.25, 0.3) is 0 Å². The van der Waals surface area contributed by atoms with Gasteiger partial charge in [-0.1, -0.05) is 6.07 Å². The predicted octanol–water partition coefficient (Wildman–Crippen LogP) is 2.77. The quantitative estimate of drug-likeness (QED) is 0.671. The fraction of sp³-hybridized carbons (Fsp3) is 0.0625. The zero-order chi connectivity index (χ0) is 14.7. The molecule has 2 N–H and O–H groups in total. The van der Waals surface area contributed by atoms with Crippen molar-refractivity contribution in [2.75, 3.05) is 12.1 Å². The van der Waals surface area contributed by atoms with E-state index >= 15 is 0 Å². The van der Waals surface area contributed by atoms with Crippen LogP contribution in [-0.2, 0) is 4.79 Å². The first kappa shape index (κ1) is 13.1. The Morgan fingerprint density at radius 2 is 1.86 bits per heavy atom. The number of amides is 1. The van der Waals surface area contributed by atoms with Gasteiger partial charge in [0, 0.05) is 11.8 Å². The van der Waals surface area contributed by atoms with E-state index in [0.29, 0.717) is 17.2 Å². The van der Waals surface area contributed by atoms with Crippen LogP contribution in [0.5, 0.6) is 17.2 Å².